The van der Waals surface area contributed by atoms with E-state index >= 15 is 0 Å². The number of halogens is 1. The van der Waals surface area contributed by atoms with E-state index in [1.807, 2.05) is 24.3 Å². The maximum Gasteiger partial charge on any atom is 0.119 e. The van der Waals surface area contributed by atoms with Crippen LogP contribution in [0.1, 0.15) is 46.0 Å². The van der Waals surface area contributed by atoms with Crippen LogP contribution in [-0.2, 0) is 0 Å². The number of benzene rings is 1. The lowest BCUT2D eigenvalue weighted by Gasteiger charge is -2.36. The van der Waals surface area contributed by atoms with E-state index in [2.05, 4.69) is 19.2 Å². The zero-order chi connectivity index (χ0) is 14.4. The largest absolute Gasteiger partial charge is 0.489 e. The summed E-state index contributed by atoms with van der Waals surface area (Å²) in [5.74, 6) is 1.73. The van der Waals surface area contributed by atoms with Crippen molar-refractivity contribution in [3.05, 3.63) is 29.3 Å². The van der Waals surface area contributed by atoms with E-state index in [1.54, 1.807) is 0 Å². The maximum atomic E-state index is 6.23. The van der Waals surface area contributed by atoms with Crippen LogP contribution in [0.25, 0.3) is 0 Å². The third kappa shape index (κ3) is 4.39. The predicted octanol–water partition coefficient (Wildman–Crippen LogP) is 4.67. The first-order valence-corrected chi connectivity index (χ1v) is 8.26. The Bertz CT molecular complexity index is 392. The fourth-order valence-corrected chi connectivity index (χ4v) is 3.09. The highest BCUT2D eigenvalue weighted by Crippen LogP contribution is 2.30. The molecule has 20 heavy (non-hydrogen) atoms. The van der Waals surface area contributed by atoms with E-state index in [-0.39, 0.29) is 6.10 Å². The number of nitrogens with one attached hydrogen (secondary N) is 1. The molecule has 1 aromatic carbocycles. The van der Waals surface area contributed by atoms with Crippen molar-refractivity contribution in [2.75, 3.05) is 6.54 Å². The van der Waals surface area contributed by atoms with Gasteiger partial charge in [-0.25, -0.2) is 0 Å². The zero-order valence-electron chi connectivity index (χ0n) is 12.6. The highest BCUT2D eigenvalue weighted by molar-refractivity contribution is 6.30. The van der Waals surface area contributed by atoms with Crippen molar-refractivity contribution in [3.8, 4) is 5.75 Å². The highest BCUT2D eigenvalue weighted by Gasteiger charge is 2.30. The SMILES string of the molecule is CCCNC1CCC(CC)CC1Oc1ccc(Cl)cc1. The van der Waals surface area contributed by atoms with Gasteiger partial charge in [0.05, 0.1) is 0 Å². The van der Waals surface area contributed by atoms with Gasteiger partial charge in [0.15, 0.2) is 0 Å². The second kappa shape index (κ2) is 7.90. The number of hydrogen-bond acceptors (Lipinski definition) is 2. The van der Waals surface area contributed by atoms with Gasteiger partial charge < -0.3 is 10.1 Å². The van der Waals surface area contributed by atoms with Crippen molar-refractivity contribution >= 4 is 11.6 Å². The van der Waals surface area contributed by atoms with Crippen molar-refractivity contribution in [3.63, 3.8) is 0 Å². The monoisotopic (exact) mass is 295 g/mol. The van der Waals surface area contributed by atoms with Crippen molar-refractivity contribution in [2.24, 2.45) is 5.92 Å². The highest BCUT2D eigenvalue weighted by atomic mass is 35.5. The first-order chi connectivity index (χ1) is 9.72. The molecule has 0 amide bonds. The van der Waals surface area contributed by atoms with Crippen molar-refractivity contribution in [2.45, 2.75) is 58.1 Å². The Hall–Kier alpha value is -0.730. The van der Waals surface area contributed by atoms with Crippen LogP contribution in [0.3, 0.4) is 0 Å². The third-order valence-corrected chi connectivity index (χ3v) is 4.49. The molecule has 112 valence electrons. The molecular formula is C17H26ClNO. The Morgan fingerprint density at radius 2 is 1.95 bits per heavy atom. The molecule has 3 unspecified atom stereocenters. The molecule has 0 aromatic heterocycles. The Morgan fingerprint density at radius 1 is 1.20 bits per heavy atom. The van der Waals surface area contributed by atoms with E-state index in [0.717, 1.165) is 29.7 Å². The molecule has 0 radical (unpaired) electrons. The summed E-state index contributed by atoms with van der Waals surface area (Å²) in [6.07, 6.45) is 6.39. The van der Waals surface area contributed by atoms with Gasteiger partial charge in [-0.15, -0.1) is 0 Å². The van der Waals surface area contributed by atoms with Crippen LogP contribution >= 0.6 is 11.6 Å². The van der Waals surface area contributed by atoms with Gasteiger partial charge in [0.1, 0.15) is 11.9 Å². The Labute approximate surface area is 127 Å². The number of ether oxygens (including phenoxy) is 1. The minimum Gasteiger partial charge on any atom is -0.489 e. The fraction of sp³-hybridized carbons (Fsp3) is 0.647. The predicted molar refractivity (Wildman–Crippen MR) is 85.6 cm³/mol. The number of rotatable bonds is 6. The molecule has 0 spiro atoms. The Kier molecular flexibility index (Phi) is 6.18. The summed E-state index contributed by atoms with van der Waals surface area (Å²) in [5.41, 5.74) is 0. The summed E-state index contributed by atoms with van der Waals surface area (Å²) in [7, 11) is 0. The Morgan fingerprint density at radius 3 is 2.60 bits per heavy atom. The van der Waals surface area contributed by atoms with Gasteiger partial charge in [0.2, 0.25) is 0 Å². The fourth-order valence-electron chi connectivity index (χ4n) is 2.96. The topological polar surface area (TPSA) is 21.3 Å². The Balaban J connectivity index is 2.00. The molecule has 1 aliphatic carbocycles. The van der Waals surface area contributed by atoms with Gasteiger partial charge in [-0.3, -0.25) is 0 Å². The summed E-state index contributed by atoms with van der Waals surface area (Å²) < 4.78 is 6.23. The summed E-state index contributed by atoms with van der Waals surface area (Å²) in [6.45, 7) is 5.56. The number of hydrogen-bond donors (Lipinski definition) is 1. The minimum absolute atomic E-state index is 0.279. The molecule has 0 heterocycles. The van der Waals surface area contributed by atoms with Crippen molar-refractivity contribution in [1.82, 2.24) is 5.32 Å². The molecule has 2 rings (SSSR count). The van der Waals surface area contributed by atoms with Gasteiger partial charge in [-0.2, -0.15) is 0 Å². The molecule has 1 aromatic rings. The molecule has 0 bridgehead atoms. The molecule has 1 aliphatic rings. The van der Waals surface area contributed by atoms with Gasteiger partial charge in [0, 0.05) is 11.1 Å². The van der Waals surface area contributed by atoms with Crippen LogP contribution in [0.5, 0.6) is 5.75 Å². The normalized spacial score (nSPS) is 26.4. The zero-order valence-corrected chi connectivity index (χ0v) is 13.3. The molecular weight excluding hydrogens is 270 g/mol. The third-order valence-electron chi connectivity index (χ3n) is 4.24. The van der Waals surface area contributed by atoms with Crippen molar-refractivity contribution < 1.29 is 4.74 Å². The quantitative estimate of drug-likeness (QED) is 0.824. The lowest BCUT2D eigenvalue weighted by molar-refractivity contribution is 0.0849. The standard InChI is InChI=1S/C17H26ClNO/c1-3-11-19-16-10-5-13(4-2)12-17(16)20-15-8-6-14(18)7-9-15/h6-9,13,16-17,19H,3-5,10-12H2,1-2H3. The molecule has 1 N–H and O–H groups in total. The van der Waals surface area contributed by atoms with Crippen LogP contribution in [0, 0.1) is 5.92 Å². The van der Waals surface area contributed by atoms with Crippen LogP contribution in [-0.4, -0.2) is 18.7 Å². The lowest BCUT2D eigenvalue weighted by atomic mass is 9.82. The molecule has 3 atom stereocenters. The first-order valence-electron chi connectivity index (χ1n) is 7.88. The van der Waals surface area contributed by atoms with Crippen LogP contribution in [0.4, 0.5) is 0 Å². The smallest absolute Gasteiger partial charge is 0.119 e. The second-order valence-corrected chi connectivity index (χ2v) is 6.19. The van der Waals surface area contributed by atoms with E-state index in [9.17, 15) is 0 Å². The van der Waals surface area contributed by atoms with Gasteiger partial charge >= 0.3 is 0 Å². The van der Waals surface area contributed by atoms with Crippen molar-refractivity contribution in [1.29, 1.82) is 0 Å². The molecule has 0 saturated heterocycles. The average molecular weight is 296 g/mol. The summed E-state index contributed by atoms with van der Waals surface area (Å²) in [4.78, 5) is 0. The minimum atomic E-state index is 0.279. The van der Waals surface area contributed by atoms with Gasteiger partial charge in [-0.1, -0.05) is 31.9 Å². The van der Waals surface area contributed by atoms with Crippen LogP contribution in [0.2, 0.25) is 5.02 Å². The molecule has 1 fully saturated rings. The van der Waals surface area contributed by atoms with E-state index in [4.69, 9.17) is 16.3 Å². The van der Waals surface area contributed by atoms with E-state index in [0.29, 0.717) is 6.04 Å². The first kappa shape index (κ1) is 15.7. The molecule has 2 nitrogen and oxygen atoms in total. The second-order valence-electron chi connectivity index (χ2n) is 5.76. The van der Waals surface area contributed by atoms with E-state index in [1.165, 1.54) is 25.7 Å². The molecule has 0 aliphatic heterocycles. The lowest BCUT2D eigenvalue weighted by Crippen LogP contribution is -2.47. The summed E-state index contributed by atoms with van der Waals surface area (Å²) >= 11 is 5.93. The maximum absolute atomic E-state index is 6.23. The summed E-state index contributed by atoms with van der Waals surface area (Å²) in [5, 5.41) is 4.40. The van der Waals surface area contributed by atoms with Crippen LogP contribution < -0.4 is 10.1 Å². The van der Waals surface area contributed by atoms with Crippen LogP contribution in [0.15, 0.2) is 24.3 Å². The molecule has 3 heteroatoms. The van der Waals surface area contributed by atoms with Gasteiger partial charge in [-0.05, 0) is 62.4 Å². The molecule has 1 saturated carbocycles. The average Bonchev–Trinajstić information content (AvgIpc) is 2.48. The summed E-state index contributed by atoms with van der Waals surface area (Å²) in [6, 6.07) is 8.20. The van der Waals surface area contributed by atoms with Gasteiger partial charge in [0.25, 0.3) is 0 Å². The van der Waals surface area contributed by atoms with E-state index < -0.39 is 0 Å².